The Kier molecular flexibility index (Phi) is 9.43. The Balaban J connectivity index is 0.00000405. The molecule has 5 N–H and O–H groups in total. The van der Waals surface area contributed by atoms with E-state index in [4.69, 9.17) is 9.47 Å². The quantitative estimate of drug-likeness (QED) is 0.224. The van der Waals surface area contributed by atoms with Gasteiger partial charge in [0.2, 0.25) is 0 Å². The Morgan fingerprint density at radius 2 is 1.76 bits per heavy atom. The summed E-state index contributed by atoms with van der Waals surface area (Å²) < 4.78 is 11.7. The normalized spacial score (nSPS) is 42.0. The summed E-state index contributed by atoms with van der Waals surface area (Å²) >= 11 is 0. The van der Waals surface area contributed by atoms with Gasteiger partial charge in [-0.1, -0.05) is 58.0 Å². The maximum atomic E-state index is 14.2. The monoisotopic (exact) mass is 798 g/mol. The van der Waals surface area contributed by atoms with Crippen LogP contribution < -0.4 is 5.32 Å². The van der Waals surface area contributed by atoms with Crippen molar-refractivity contribution in [3.63, 3.8) is 0 Å². The van der Waals surface area contributed by atoms with Crippen LogP contribution in [0.3, 0.4) is 0 Å². The first-order valence-corrected chi connectivity index (χ1v) is 14.7. The largest absolute Gasteiger partial charge is 0.457 e. The van der Waals surface area contributed by atoms with Crippen LogP contribution in [0.1, 0.15) is 66.0 Å². The smallest absolute Gasteiger partial charge is 0.311 e. The minimum Gasteiger partial charge on any atom is -0.457 e. The molecular formula is C32H45AcNO8. The molecule has 3 fully saturated rings. The molecule has 2 saturated carbocycles. The van der Waals surface area contributed by atoms with Gasteiger partial charge in [-0.2, -0.15) is 0 Å². The second kappa shape index (κ2) is 11.6. The number of Topliss-reactive ketones (excluding diaryl/α,β-unsaturated/α-hetero) is 1. The van der Waals surface area contributed by atoms with E-state index in [0.717, 1.165) is 5.56 Å². The fraction of sp³-hybridized carbons (Fsp3) is 0.688. The molecule has 1 radical (unpaired) electrons. The van der Waals surface area contributed by atoms with Gasteiger partial charge in [0.05, 0.1) is 35.7 Å². The van der Waals surface area contributed by atoms with Crippen molar-refractivity contribution in [2.75, 3.05) is 13.7 Å². The molecule has 1 heterocycles. The number of fused-ring (bicyclic) bond motifs is 5. The Hall–Kier alpha value is -0.698. The van der Waals surface area contributed by atoms with Crippen molar-refractivity contribution in [2.45, 2.75) is 96.0 Å². The van der Waals surface area contributed by atoms with Crippen LogP contribution in [-0.2, 0) is 19.1 Å². The van der Waals surface area contributed by atoms with Gasteiger partial charge < -0.3 is 35.2 Å². The molecule has 11 atom stereocenters. The van der Waals surface area contributed by atoms with Crippen LogP contribution in [0.5, 0.6) is 0 Å². The van der Waals surface area contributed by atoms with Gasteiger partial charge in [-0.25, -0.2) is 0 Å². The standard InChI is InChI=1S/C32H45NO8.Ac/c1-16-20(41-28(37)17(2)24(33-7)19-11-9-8-10-12-19)14-32(39)18(3)26-30(6,21(34)13-22-31(26,38)15-40-22)27(36)25(35)23(16)29(32,4)5;/h8-12,17-18,20-22,24-26,33-35,38-39H,13-15H2,1-7H3;/t17-,18+,20+,21+,22-,24-,25-,26+,30-,31+,32-;/m1./s1. The van der Waals surface area contributed by atoms with Gasteiger partial charge in [-0.05, 0) is 43.5 Å². The predicted octanol–water partition coefficient (Wildman–Crippen LogP) is 2.07. The molecule has 2 bridgehead atoms. The number of esters is 1. The Morgan fingerprint density at radius 1 is 1.14 bits per heavy atom. The van der Waals surface area contributed by atoms with Gasteiger partial charge in [0, 0.05) is 74.3 Å². The van der Waals surface area contributed by atoms with Gasteiger partial charge in [0.25, 0.3) is 0 Å². The van der Waals surface area contributed by atoms with Crippen LogP contribution in [0.2, 0.25) is 0 Å². The van der Waals surface area contributed by atoms with Crippen LogP contribution in [0.25, 0.3) is 0 Å². The number of nitrogens with one attached hydrogen (secondary N) is 1. The third-order valence-electron chi connectivity index (χ3n) is 11.5. The molecule has 1 saturated heterocycles. The fourth-order valence-corrected chi connectivity index (χ4v) is 8.86. The molecule has 5 rings (SSSR count). The zero-order valence-electron chi connectivity index (χ0n) is 25.6. The predicted molar refractivity (Wildman–Crippen MR) is 150 cm³/mol. The summed E-state index contributed by atoms with van der Waals surface area (Å²) in [7, 11) is 1.78. The summed E-state index contributed by atoms with van der Waals surface area (Å²) in [4.78, 5) is 27.8. The van der Waals surface area contributed by atoms with E-state index in [1.165, 1.54) is 0 Å². The van der Waals surface area contributed by atoms with Crippen molar-refractivity contribution >= 4 is 11.8 Å². The van der Waals surface area contributed by atoms with E-state index >= 15 is 0 Å². The van der Waals surface area contributed by atoms with Crippen LogP contribution in [-0.4, -0.2) is 81.5 Å². The first-order chi connectivity index (χ1) is 19.1. The number of aliphatic hydroxyl groups is 4. The minimum atomic E-state index is -1.67. The van der Waals surface area contributed by atoms with Gasteiger partial charge in [0.1, 0.15) is 17.8 Å². The molecule has 1 aromatic carbocycles. The number of hydrogen-bond acceptors (Lipinski definition) is 9. The SMILES string of the molecule is CN[C@@H](c1ccccc1)[C@@H](C)C(=O)O[C@H]1C[C@@]2(O)[C@@H](C)[C@@H]3[C@]4(O)CO[C@@H]4C[C@H](O)[C@@]3(C)C(=O)[C@H](O)C(=C1C)C2(C)C.[Ac]. The molecule has 42 heavy (non-hydrogen) atoms. The van der Waals surface area contributed by atoms with Crippen molar-refractivity contribution < 1.29 is 83.6 Å². The van der Waals surface area contributed by atoms with Crippen LogP contribution in [0, 0.1) is 72.6 Å². The maximum Gasteiger partial charge on any atom is 0.311 e. The number of ether oxygens (including phenoxy) is 2. The second-order valence-corrected chi connectivity index (χ2v) is 13.6. The van der Waals surface area contributed by atoms with E-state index in [0.29, 0.717) is 11.1 Å². The molecular weight excluding hydrogens is 753 g/mol. The number of carbonyl (C=O) groups is 2. The number of ketones is 1. The molecule has 0 spiro atoms. The molecule has 4 aliphatic rings. The van der Waals surface area contributed by atoms with E-state index in [9.17, 15) is 30.0 Å². The number of benzene rings is 1. The molecule has 0 amide bonds. The number of rotatable bonds is 5. The fourth-order valence-electron chi connectivity index (χ4n) is 8.86. The summed E-state index contributed by atoms with van der Waals surface area (Å²) in [6.07, 6.45) is -4.37. The van der Waals surface area contributed by atoms with Crippen molar-refractivity contribution in [1.82, 2.24) is 5.32 Å². The van der Waals surface area contributed by atoms with Crippen molar-refractivity contribution in [3.05, 3.63) is 47.0 Å². The number of carbonyl (C=O) groups excluding carboxylic acids is 2. The molecule has 3 aliphatic carbocycles. The molecule has 1 aliphatic heterocycles. The van der Waals surface area contributed by atoms with E-state index < -0.39 is 76.0 Å². The van der Waals surface area contributed by atoms with E-state index in [-0.39, 0.29) is 69.6 Å². The maximum absolute atomic E-state index is 14.2. The minimum absolute atomic E-state index is 0. The van der Waals surface area contributed by atoms with Gasteiger partial charge in [-0.15, -0.1) is 0 Å². The van der Waals surface area contributed by atoms with E-state index in [2.05, 4.69) is 5.32 Å². The number of hydrogen-bond donors (Lipinski definition) is 5. The summed E-state index contributed by atoms with van der Waals surface area (Å²) in [5.74, 6) is -3.31. The van der Waals surface area contributed by atoms with Crippen LogP contribution >= 0.6 is 0 Å². The third-order valence-corrected chi connectivity index (χ3v) is 11.5. The summed E-state index contributed by atoms with van der Waals surface area (Å²) in [5.41, 5.74) is -3.97. The summed E-state index contributed by atoms with van der Waals surface area (Å²) in [6, 6.07) is 9.26. The number of aliphatic hydroxyl groups excluding tert-OH is 2. The Labute approximate surface area is 284 Å². The van der Waals surface area contributed by atoms with Crippen LogP contribution in [0.4, 0.5) is 0 Å². The van der Waals surface area contributed by atoms with Gasteiger partial charge in [-0.3, -0.25) is 9.59 Å². The average Bonchev–Trinajstić information content (AvgIpc) is 2.92. The van der Waals surface area contributed by atoms with Gasteiger partial charge in [0.15, 0.2) is 5.78 Å². The van der Waals surface area contributed by atoms with E-state index in [1.807, 2.05) is 30.3 Å². The zero-order chi connectivity index (χ0) is 30.3. The zero-order valence-corrected chi connectivity index (χ0v) is 30.4. The van der Waals surface area contributed by atoms with Crippen molar-refractivity contribution in [2.24, 2.45) is 28.6 Å². The molecule has 9 nitrogen and oxygen atoms in total. The molecule has 10 heteroatoms. The van der Waals surface area contributed by atoms with Crippen molar-refractivity contribution in [1.29, 1.82) is 0 Å². The van der Waals surface area contributed by atoms with Crippen LogP contribution in [0.15, 0.2) is 41.5 Å². The molecule has 0 aromatic heterocycles. The average molecular weight is 799 g/mol. The Morgan fingerprint density at radius 3 is 2.31 bits per heavy atom. The summed E-state index contributed by atoms with van der Waals surface area (Å²) in [6.45, 7) is 10.4. The summed E-state index contributed by atoms with van der Waals surface area (Å²) in [5, 5.41) is 50.7. The molecule has 1 aromatic rings. The topological polar surface area (TPSA) is 146 Å². The molecule has 229 valence electrons. The van der Waals surface area contributed by atoms with Crippen molar-refractivity contribution in [3.8, 4) is 0 Å². The second-order valence-electron chi connectivity index (χ2n) is 13.6. The Bertz CT molecular complexity index is 1250. The third kappa shape index (κ3) is 4.65. The van der Waals surface area contributed by atoms with Gasteiger partial charge >= 0.3 is 5.97 Å². The first-order valence-electron chi connectivity index (χ1n) is 14.7. The molecule has 0 unspecified atom stereocenters. The first kappa shape index (κ1) is 34.2. The van der Waals surface area contributed by atoms with E-state index in [1.54, 1.807) is 48.6 Å².